The number of likely N-dealkylation sites (tertiary alicyclic amines) is 1. The Hall–Kier alpha value is -2.70. The molecule has 8 heteroatoms. The van der Waals surface area contributed by atoms with Crippen LogP contribution in [-0.2, 0) is 9.59 Å². The number of hydrogen-bond donors (Lipinski definition) is 2. The lowest BCUT2D eigenvalue weighted by molar-refractivity contribution is -0.139. The van der Waals surface area contributed by atoms with Crippen molar-refractivity contribution in [1.82, 2.24) is 4.90 Å². The Morgan fingerprint density at radius 3 is 2.55 bits per heavy atom. The predicted octanol–water partition coefficient (Wildman–Crippen LogP) is 4.54. The molecule has 0 saturated carbocycles. The summed E-state index contributed by atoms with van der Waals surface area (Å²) >= 11 is 12.2. The number of rotatable bonds is 5. The molecule has 3 rings (SSSR count). The van der Waals surface area contributed by atoms with Crippen molar-refractivity contribution in [2.45, 2.75) is 19.4 Å². The van der Waals surface area contributed by atoms with Gasteiger partial charge in [-0.25, -0.2) is 0 Å². The van der Waals surface area contributed by atoms with E-state index in [-0.39, 0.29) is 32.7 Å². The molecule has 2 N–H and O–H groups in total. The average molecular weight is 436 g/mol. The molecule has 0 aliphatic carbocycles. The number of benzene rings is 2. The number of methoxy groups -OCH3 is 1. The minimum atomic E-state index is -0.871. The minimum Gasteiger partial charge on any atom is -0.508 e. The maximum Gasteiger partial charge on any atom is 0.295 e. The van der Waals surface area contributed by atoms with Gasteiger partial charge in [0.25, 0.3) is 11.7 Å². The van der Waals surface area contributed by atoms with E-state index in [1.807, 2.05) is 6.92 Å². The smallest absolute Gasteiger partial charge is 0.295 e. The van der Waals surface area contributed by atoms with E-state index in [4.69, 9.17) is 27.9 Å². The highest BCUT2D eigenvalue weighted by molar-refractivity contribution is 6.46. The van der Waals surface area contributed by atoms with Gasteiger partial charge < -0.3 is 19.8 Å². The van der Waals surface area contributed by atoms with Crippen molar-refractivity contribution in [1.29, 1.82) is 0 Å². The van der Waals surface area contributed by atoms with Gasteiger partial charge >= 0.3 is 0 Å². The Balaban J connectivity index is 2.29. The zero-order valence-corrected chi connectivity index (χ0v) is 17.3. The number of amides is 1. The first-order valence-electron chi connectivity index (χ1n) is 8.90. The maximum atomic E-state index is 12.9. The number of Topliss-reactive ketones (excluding diaryl/α,β-unsaturated/α-hetero) is 1. The summed E-state index contributed by atoms with van der Waals surface area (Å²) in [6.45, 7) is 2.17. The molecule has 1 atom stereocenters. The first-order chi connectivity index (χ1) is 13.8. The Labute approximate surface area is 177 Å². The molecule has 1 heterocycles. The van der Waals surface area contributed by atoms with E-state index >= 15 is 0 Å². The number of phenolic OH excluding ortho intramolecular Hbond substituents is 1. The fourth-order valence-corrected chi connectivity index (χ4v) is 4.05. The van der Waals surface area contributed by atoms with Crippen LogP contribution < -0.4 is 4.74 Å². The molecule has 29 heavy (non-hydrogen) atoms. The molecule has 1 aliphatic rings. The Morgan fingerprint density at radius 1 is 1.21 bits per heavy atom. The van der Waals surface area contributed by atoms with Crippen LogP contribution in [-0.4, -0.2) is 40.5 Å². The summed E-state index contributed by atoms with van der Waals surface area (Å²) in [6.07, 6.45) is 0.606. The van der Waals surface area contributed by atoms with E-state index in [1.165, 1.54) is 36.3 Å². The van der Waals surface area contributed by atoms with Crippen LogP contribution in [0.5, 0.6) is 11.5 Å². The molecular formula is C21H19Cl2NO5. The normalized spacial score (nSPS) is 18.3. The van der Waals surface area contributed by atoms with Gasteiger partial charge in [0.2, 0.25) is 0 Å². The number of hydrogen-bond acceptors (Lipinski definition) is 5. The van der Waals surface area contributed by atoms with E-state index in [1.54, 1.807) is 12.1 Å². The van der Waals surface area contributed by atoms with Crippen molar-refractivity contribution in [3.8, 4) is 11.5 Å². The first kappa shape index (κ1) is 21.0. The summed E-state index contributed by atoms with van der Waals surface area (Å²) in [5.74, 6) is -1.90. The van der Waals surface area contributed by atoms with E-state index in [0.717, 1.165) is 0 Å². The van der Waals surface area contributed by atoms with E-state index in [2.05, 4.69) is 0 Å². The number of aliphatic hydroxyl groups excluding tert-OH is 1. The summed E-state index contributed by atoms with van der Waals surface area (Å²) < 4.78 is 5.27. The molecule has 1 unspecified atom stereocenters. The molecule has 0 radical (unpaired) electrons. The van der Waals surface area contributed by atoms with E-state index in [0.29, 0.717) is 18.5 Å². The van der Waals surface area contributed by atoms with Crippen molar-refractivity contribution in [2.75, 3.05) is 13.7 Å². The van der Waals surface area contributed by atoms with Gasteiger partial charge in [-0.05, 0) is 36.2 Å². The van der Waals surface area contributed by atoms with Crippen LogP contribution in [0, 0.1) is 0 Å². The number of halogens is 2. The molecule has 2 aromatic carbocycles. The predicted molar refractivity (Wildman–Crippen MR) is 110 cm³/mol. The van der Waals surface area contributed by atoms with Gasteiger partial charge in [0.15, 0.2) is 0 Å². The lowest BCUT2D eigenvalue weighted by Gasteiger charge is -2.25. The van der Waals surface area contributed by atoms with E-state index < -0.39 is 23.5 Å². The summed E-state index contributed by atoms with van der Waals surface area (Å²) in [6, 6.07) is 8.20. The molecule has 1 saturated heterocycles. The van der Waals surface area contributed by atoms with Gasteiger partial charge in [-0.1, -0.05) is 42.3 Å². The quantitative estimate of drug-likeness (QED) is 0.408. The molecule has 152 valence electrons. The second-order valence-electron chi connectivity index (χ2n) is 6.56. The fourth-order valence-electron chi connectivity index (χ4n) is 3.48. The summed E-state index contributed by atoms with van der Waals surface area (Å²) in [4.78, 5) is 26.9. The third-order valence-electron chi connectivity index (χ3n) is 4.66. The molecule has 1 amide bonds. The molecule has 0 spiro atoms. The number of carbonyl (C=O) groups excluding carboxylic acids is 2. The van der Waals surface area contributed by atoms with Crippen LogP contribution in [0.3, 0.4) is 0 Å². The molecule has 2 aromatic rings. The number of phenols is 1. The van der Waals surface area contributed by atoms with Gasteiger partial charge in [0.05, 0.1) is 29.3 Å². The second kappa shape index (κ2) is 8.35. The van der Waals surface area contributed by atoms with Crippen molar-refractivity contribution >= 4 is 40.7 Å². The number of carbonyl (C=O) groups is 2. The van der Waals surface area contributed by atoms with Crippen LogP contribution in [0.2, 0.25) is 10.0 Å². The van der Waals surface area contributed by atoms with Crippen LogP contribution in [0.4, 0.5) is 0 Å². The number of ketones is 1. The molecule has 1 fully saturated rings. The monoisotopic (exact) mass is 435 g/mol. The minimum absolute atomic E-state index is 0.0204. The zero-order valence-electron chi connectivity index (χ0n) is 15.8. The molecule has 0 bridgehead atoms. The number of ether oxygens (including phenoxy) is 1. The van der Waals surface area contributed by atoms with Crippen molar-refractivity contribution in [2.24, 2.45) is 0 Å². The highest BCUT2D eigenvalue weighted by Gasteiger charge is 2.46. The number of aromatic hydroxyl groups is 1. The summed E-state index contributed by atoms with van der Waals surface area (Å²) in [5.41, 5.74) is 0.474. The first-order valence-corrected chi connectivity index (χ1v) is 9.66. The fraction of sp³-hybridized carbons (Fsp3) is 0.238. The average Bonchev–Trinajstić information content (AvgIpc) is 2.92. The van der Waals surface area contributed by atoms with Gasteiger partial charge in [-0.2, -0.15) is 0 Å². The maximum absolute atomic E-state index is 12.9. The highest BCUT2D eigenvalue weighted by atomic mass is 35.5. The summed E-state index contributed by atoms with van der Waals surface area (Å²) in [5, 5.41) is 21.4. The van der Waals surface area contributed by atoms with Crippen LogP contribution in [0.25, 0.3) is 5.76 Å². The van der Waals surface area contributed by atoms with Crippen molar-refractivity contribution in [3.63, 3.8) is 0 Å². The highest BCUT2D eigenvalue weighted by Crippen LogP contribution is 2.43. The summed E-state index contributed by atoms with van der Waals surface area (Å²) in [7, 11) is 1.37. The Kier molecular flexibility index (Phi) is 6.05. The Bertz CT molecular complexity index is 1020. The molecule has 0 aromatic heterocycles. The van der Waals surface area contributed by atoms with Gasteiger partial charge in [0.1, 0.15) is 17.3 Å². The Morgan fingerprint density at radius 2 is 1.93 bits per heavy atom. The topological polar surface area (TPSA) is 87.1 Å². The van der Waals surface area contributed by atoms with Crippen LogP contribution in [0.15, 0.2) is 42.0 Å². The lowest BCUT2D eigenvalue weighted by atomic mass is 9.94. The third kappa shape index (κ3) is 3.78. The number of nitrogens with zero attached hydrogens (tertiary/aromatic N) is 1. The molecular weight excluding hydrogens is 417 g/mol. The van der Waals surface area contributed by atoms with Gasteiger partial charge in [-0.15, -0.1) is 0 Å². The van der Waals surface area contributed by atoms with Crippen molar-refractivity contribution in [3.05, 3.63) is 63.1 Å². The zero-order chi connectivity index (χ0) is 21.3. The lowest BCUT2D eigenvalue weighted by Crippen LogP contribution is -2.30. The molecule has 1 aliphatic heterocycles. The second-order valence-corrected chi connectivity index (χ2v) is 7.40. The molecule has 6 nitrogen and oxygen atoms in total. The van der Waals surface area contributed by atoms with Crippen LogP contribution >= 0.6 is 23.2 Å². The number of aliphatic hydroxyl groups is 1. The van der Waals surface area contributed by atoms with Gasteiger partial charge in [-0.3, -0.25) is 9.59 Å². The standard InChI is InChI=1S/C21H19Cl2NO5/c1-3-7-24-17(11-5-4-6-13(25)8-11)16(19(27)21(24)28)18(26)14-9-12(22)10-15(23)20(14)29-2/h4-6,8-10,17,25-26H,3,7H2,1-2H3/b18-16+. The van der Waals surface area contributed by atoms with Crippen LogP contribution in [0.1, 0.15) is 30.5 Å². The largest absolute Gasteiger partial charge is 0.508 e. The third-order valence-corrected chi connectivity index (χ3v) is 5.16. The van der Waals surface area contributed by atoms with Crippen molar-refractivity contribution < 1.29 is 24.5 Å². The van der Waals surface area contributed by atoms with E-state index in [9.17, 15) is 19.8 Å². The SMILES string of the molecule is CCCN1C(=O)C(=O)/C(=C(/O)c2cc(Cl)cc(Cl)c2OC)C1c1cccc(O)c1. The van der Waals surface area contributed by atoms with Gasteiger partial charge in [0, 0.05) is 11.6 Å².